The fourth-order valence-corrected chi connectivity index (χ4v) is 2.62. The molecule has 3 nitrogen and oxygen atoms in total. The van der Waals surface area contributed by atoms with Gasteiger partial charge < -0.3 is 5.32 Å². The molecule has 1 aromatic carbocycles. The first-order chi connectivity index (χ1) is 8.86. The SMILES string of the molecule is O=C(c1cccc2ccncc12)C1CCCNC1. The zero-order chi connectivity index (χ0) is 12.4. The standard InChI is InChI=1S/C15H16N2O/c18-15(12-4-2-7-16-9-12)13-5-1-3-11-6-8-17-10-14(11)13/h1,3,5-6,8,10,12,16H,2,4,7,9H2. The first kappa shape index (κ1) is 11.4. The van der Waals surface area contributed by atoms with Crippen LogP contribution in [-0.4, -0.2) is 23.9 Å². The third-order valence-corrected chi connectivity index (χ3v) is 3.62. The average molecular weight is 240 g/mol. The molecule has 0 spiro atoms. The smallest absolute Gasteiger partial charge is 0.167 e. The third kappa shape index (κ3) is 2.02. The monoisotopic (exact) mass is 240 g/mol. The van der Waals surface area contributed by atoms with Crippen LogP contribution in [-0.2, 0) is 0 Å². The van der Waals surface area contributed by atoms with Crippen LogP contribution in [0.5, 0.6) is 0 Å². The molecule has 18 heavy (non-hydrogen) atoms. The van der Waals surface area contributed by atoms with Crippen molar-refractivity contribution in [2.24, 2.45) is 5.92 Å². The minimum Gasteiger partial charge on any atom is -0.316 e. The summed E-state index contributed by atoms with van der Waals surface area (Å²) in [5.41, 5.74) is 0.814. The largest absolute Gasteiger partial charge is 0.316 e. The highest BCUT2D eigenvalue weighted by Gasteiger charge is 2.23. The number of carbonyl (C=O) groups excluding carboxylic acids is 1. The Balaban J connectivity index is 2.00. The normalized spacial score (nSPS) is 19.9. The third-order valence-electron chi connectivity index (χ3n) is 3.62. The van der Waals surface area contributed by atoms with Crippen LogP contribution in [0.15, 0.2) is 36.7 Å². The number of Topliss-reactive ketones (excluding diaryl/α,β-unsaturated/α-hetero) is 1. The van der Waals surface area contributed by atoms with E-state index in [-0.39, 0.29) is 11.7 Å². The lowest BCUT2D eigenvalue weighted by Gasteiger charge is -2.22. The van der Waals surface area contributed by atoms with Crippen LogP contribution in [0.1, 0.15) is 23.2 Å². The summed E-state index contributed by atoms with van der Waals surface area (Å²) in [6.45, 7) is 1.83. The van der Waals surface area contributed by atoms with Crippen LogP contribution in [0.2, 0.25) is 0 Å². The molecule has 0 bridgehead atoms. The summed E-state index contributed by atoms with van der Waals surface area (Å²) in [6, 6.07) is 7.84. The van der Waals surface area contributed by atoms with E-state index in [1.165, 1.54) is 0 Å². The van der Waals surface area contributed by atoms with Crippen LogP contribution in [0.25, 0.3) is 10.8 Å². The van der Waals surface area contributed by atoms with Crippen molar-refractivity contribution in [2.75, 3.05) is 13.1 Å². The molecule has 1 N–H and O–H groups in total. The molecule has 0 aliphatic carbocycles. The van der Waals surface area contributed by atoms with Crippen molar-refractivity contribution in [2.45, 2.75) is 12.8 Å². The van der Waals surface area contributed by atoms with Crippen molar-refractivity contribution in [1.82, 2.24) is 10.3 Å². The molecule has 2 aromatic rings. The summed E-state index contributed by atoms with van der Waals surface area (Å²) in [5.74, 6) is 0.366. The maximum Gasteiger partial charge on any atom is 0.167 e. The molecule has 3 heteroatoms. The number of carbonyl (C=O) groups is 1. The molecule has 92 valence electrons. The number of nitrogens with zero attached hydrogens (tertiary/aromatic N) is 1. The van der Waals surface area contributed by atoms with Gasteiger partial charge in [-0.1, -0.05) is 18.2 Å². The van der Waals surface area contributed by atoms with Crippen LogP contribution >= 0.6 is 0 Å². The van der Waals surface area contributed by atoms with Gasteiger partial charge in [0.2, 0.25) is 0 Å². The molecule has 0 saturated carbocycles. The highest BCUT2D eigenvalue weighted by Crippen LogP contribution is 2.23. The fourth-order valence-electron chi connectivity index (χ4n) is 2.62. The van der Waals surface area contributed by atoms with Gasteiger partial charge in [-0.25, -0.2) is 0 Å². The van der Waals surface area contributed by atoms with Gasteiger partial charge >= 0.3 is 0 Å². The van der Waals surface area contributed by atoms with Crippen LogP contribution < -0.4 is 5.32 Å². The first-order valence-electron chi connectivity index (χ1n) is 6.44. The van der Waals surface area contributed by atoms with Gasteiger partial charge in [-0.2, -0.15) is 0 Å². The minimum atomic E-state index is 0.115. The van der Waals surface area contributed by atoms with Crippen LogP contribution in [0.4, 0.5) is 0 Å². The fraction of sp³-hybridized carbons (Fsp3) is 0.333. The van der Waals surface area contributed by atoms with E-state index in [1.54, 1.807) is 12.4 Å². The Morgan fingerprint density at radius 1 is 1.33 bits per heavy atom. The lowest BCUT2D eigenvalue weighted by atomic mass is 9.89. The van der Waals surface area contributed by atoms with Crippen LogP contribution in [0.3, 0.4) is 0 Å². The Hall–Kier alpha value is -1.74. The van der Waals surface area contributed by atoms with Gasteiger partial charge in [-0.05, 0) is 30.8 Å². The number of pyridine rings is 1. The molecular formula is C15H16N2O. The molecule has 1 aliphatic rings. The molecular weight excluding hydrogens is 224 g/mol. The number of piperidine rings is 1. The second kappa shape index (κ2) is 4.86. The van der Waals surface area contributed by atoms with Crippen molar-refractivity contribution < 1.29 is 4.79 Å². The number of hydrogen-bond acceptors (Lipinski definition) is 3. The topological polar surface area (TPSA) is 42.0 Å². The number of nitrogens with one attached hydrogen (secondary N) is 1. The summed E-state index contributed by atoms with van der Waals surface area (Å²) in [5, 5.41) is 5.35. The van der Waals surface area contributed by atoms with Crippen molar-refractivity contribution in [3.8, 4) is 0 Å². The number of fused-ring (bicyclic) bond motifs is 1. The van der Waals surface area contributed by atoms with Crippen LogP contribution in [0, 0.1) is 5.92 Å². The average Bonchev–Trinajstić information content (AvgIpc) is 2.47. The minimum absolute atomic E-state index is 0.115. The summed E-state index contributed by atoms with van der Waals surface area (Å²) in [6.07, 6.45) is 5.62. The summed E-state index contributed by atoms with van der Waals surface area (Å²) < 4.78 is 0. The number of aromatic nitrogens is 1. The molecule has 1 saturated heterocycles. The highest BCUT2D eigenvalue weighted by atomic mass is 16.1. The van der Waals surface area contributed by atoms with E-state index >= 15 is 0 Å². The Labute approximate surface area is 106 Å². The molecule has 1 unspecified atom stereocenters. The lowest BCUT2D eigenvalue weighted by molar-refractivity contribution is 0.0901. The van der Waals surface area contributed by atoms with Gasteiger partial charge in [0, 0.05) is 35.8 Å². The van der Waals surface area contributed by atoms with Crippen molar-refractivity contribution >= 4 is 16.6 Å². The van der Waals surface area contributed by atoms with E-state index in [0.29, 0.717) is 0 Å². The Morgan fingerprint density at radius 2 is 2.28 bits per heavy atom. The summed E-state index contributed by atoms with van der Waals surface area (Å²) in [7, 11) is 0. The van der Waals surface area contributed by atoms with E-state index in [4.69, 9.17) is 0 Å². The van der Waals surface area contributed by atoms with Gasteiger partial charge in [0.05, 0.1) is 0 Å². The second-order valence-corrected chi connectivity index (χ2v) is 4.81. The molecule has 1 atom stereocenters. The van der Waals surface area contributed by atoms with Crippen molar-refractivity contribution in [3.63, 3.8) is 0 Å². The van der Waals surface area contributed by atoms with Gasteiger partial charge in [0.1, 0.15) is 0 Å². The Bertz CT molecular complexity index is 568. The predicted octanol–water partition coefficient (Wildman–Crippen LogP) is 2.42. The molecule has 1 aliphatic heterocycles. The maximum atomic E-state index is 12.5. The van der Waals surface area contributed by atoms with E-state index in [0.717, 1.165) is 42.3 Å². The van der Waals surface area contributed by atoms with Gasteiger partial charge in [0.25, 0.3) is 0 Å². The molecule has 1 fully saturated rings. The highest BCUT2D eigenvalue weighted by molar-refractivity contribution is 6.08. The van der Waals surface area contributed by atoms with Gasteiger partial charge in [-0.15, -0.1) is 0 Å². The lowest BCUT2D eigenvalue weighted by Crippen LogP contribution is -2.34. The summed E-state index contributed by atoms with van der Waals surface area (Å²) in [4.78, 5) is 16.7. The number of benzene rings is 1. The quantitative estimate of drug-likeness (QED) is 0.820. The molecule has 0 amide bonds. The predicted molar refractivity (Wildman–Crippen MR) is 71.7 cm³/mol. The molecule has 3 rings (SSSR count). The van der Waals surface area contributed by atoms with Crippen molar-refractivity contribution in [1.29, 1.82) is 0 Å². The zero-order valence-electron chi connectivity index (χ0n) is 10.2. The Morgan fingerprint density at radius 3 is 3.11 bits per heavy atom. The van der Waals surface area contributed by atoms with Crippen molar-refractivity contribution in [3.05, 3.63) is 42.2 Å². The second-order valence-electron chi connectivity index (χ2n) is 4.81. The van der Waals surface area contributed by atoms with E-state index in [9.17, 15) is 4.79 Å². The number of rotatable bonds is 2. The van der Waals surface area contributed by atoms with Gasteiger partial charge in [0.15, 0.2) is 5.78 Å². The Kier molecular flexibility index (Phi) is 3.07. The van der Waals surface area contributed by atoms with Gasteiger partial charge in [-0.3, -0.25) is 9.78 Å². The van der Waals surface area contributed by atoms with E-state index < -0.39 is 0 Å². The summed E-state index contributed by atoms with van der Waals surface area (Å²) >= 11 is 0. The maximum absolute atomic E-state index is 12.5. The molecule has 1 aromatic heterocycles. The molecule has 0 radical (unpaired) electrons. The number of ketones is 1. The first-order valence-corrected chi connectivity index (χ1v) is 6.44. The zero-order valence-corrected chi connectivity index (χ0v) is 10.2. The number of hydrogen-bond donors (Lipinski definition) is 1. The van der Waals surface area contributed by atoms with E-state index in [1.807, 2.05) is 24.3 Å². The molecule has 2 heterocycles. The van der Waals surface area contributed by atoms with E-state index in [2.05, 4.69) is 10.3 Å².